The van der Waals surface area contributed by atoms with Crippen molar-refractivity contribution in [2.75, 3.05) is 13.1 Å². The number of carbonyl (C=O) groups is 1. The Balaban J connectivity index is 1.75. The van der Waals surface area contributed by atoms with Crippen molar-refractivity contribution in [1.82, 2.24) is 9.03 Å². The van der Waals surface area contributed by atoms with Crippen LogP contribution in [0.2, 0.25) is 5.02 Å². The number of amides is 1. The van der Waals surface area contributed by atoms with E-state index in [1.54, 1.807) is 23.9 Å². The van der Waals surface area contributed by atoms with E-state index in [2.05, 4.69) is 9.03 Å². The van der Waals surface area contributed by atoms with Gasteiger partial charge in [-0.25, -0.2) is 4.79 Å². The lowest BCUT2D eigenvalue weighted by Crippen LogP contribution is -2.35. The second-order valence-electron chi connectivity index (χ2n) is 5.23. The van der Waals surface area contributed by atoms with Crippen molar-refractivity contribution in [1.29, 1.82) is 0 Å². The van der Waals surface area contributed by atoms with Gasteiger partial charge in [0.2, 0.25) is 0 Å². The van der Waals surface area contributed by atoms with Crippen molar-refractivity contribution in [2.45, 2.75) is 36.2 Å². The molecule has 0 bridgehead atoms. The van der Waals surface area contributed by atoms with Crippen LogP contribution in [0.5, 0.6) is 0 Å². The summed E-state index contributed by atoms with van der Waals surface area (Å²) in [7, 11) is 0. The summed E-state index contributed by atoms with van der Waals surface area (Å²) in [4.78, 5) is 13.8. The van der Waals surface area contributed by atoms with Crippen LogP contribution >= 0.6 is 35.5 Å². The Labute approximate surface area is 132 Å². The Bertz CT molecular complexity index is 506. The van der Waals surface area contributed by atoms with Crippen LogP contribution in [0.25, 0.3) is 0 Å². The zero-order valence-electron chi connectivity index (χ0n) is 11.6. The standard InChI is InChI=1S/C13H17ClN2O2S2/c1-13(2,3)18-12(17)15-7-8-16-19-10-6-4-5-9(14)11(10)20-16/h4-6H,7-8H2,1-3H3,(H,15,17). The van der Waals surface area contributed by atoms with Crippen LogP contribution in [0.15, 0.2) is 28.0 Å². The molecule has 1 aliphatic rings. The van der Waals surface area contributed by atoms with Crippen LogP contribution in [0.3, 0.4) is 0 Å². The summed E-state index contributed by atoms with van der Waals surface area (Å²) in [6, 6.07) is 5.87. The first-order valence-corrected chi connectivity index (χ1v) is 8.16. The molecular weight excluding hydrogens is 316 g/mol. The number of halogens is 1. The number of nitrogens with one attached hydrogen (secondary N) is 1. The van der Waals surface area contributed by atoms with E-state index in [0.29, 0.717) is 13.1 Å². The van der Waals surface area contributed by atoms with Gasteiger partial charge in [-0.2, -0.15) is 3.71 Å². The Morgan fingerprint density at radius 2 is 2.15 bits per heavy atom. The van der Waals surface area contributed by atoms with E-state index in [1.807, 2.05) is 39.0 Å². The number of fused-ring (bicyclic) bond motifs is 1. The molecule has 0 radical (unpaired) electrons. The van der Waals surface area contributed by atoms with Crippen molar-refractivity contribution >= 4 is 41.6 Å². The van der Waals surface area contributed by atoms with E-state index < -0.39 is 5.60 Å². The molecule has 0 saturated carbocycles. The fraction of sp³-hybridized carbons (Fsp3) is 0.462. The van der Waals surface area contributed by atoms with E-state index in [0.717, 1.165) is 14.8 Å². The smallest absolute Gasteiger partial charge is 0.407 e. The summed E-state index contributed by atoms with van der Waals surface area (Å²) in [5.74, 6) is 0. The summed E-state index contributed by atoms with van der Waals surface area (Å²) in [6.45, 7) is 6.77. The molecule has 2 rings (SSSR count). The number of ether oxygens (including phenoxy) is 1. The molecule has 0 fully saturated rings. The third-order valence-corrected chi connectivity index (χ3v) is 5.22. The van der Waals surface area contributed by atoms with Gasteiger partial charge in [-0.15, -0.1) is 0 Å². The van der Waals surface area contributed by atoms with Gasteiger partial charge in [0.1, 0.15) is 5.60 Å². The predicted octanol–water partition coefficient (Wildman–Crippen LogP) is 4.19. The molecule has 1 heterocycles. The minimum Gasteiger partial charge on any atom is -0.444 e. The number of nitrogens with zero attached hydrogens (tertiary/aromatic N) is 1. The maximum absolute atomic E-state index is 11.5. The molecule has 0 unspecified atom stereocenters. The van der Waals surface area contributed by atoms with Crippen LogP contribution in [0.4, 0.5) is 4.79 Å². The molecule has 1 aromatic rings. The Morgan fingerprint density at radius 3 is 2.80 bits per heavy atom. The highest BCUT2D eigenvalue weighted by atomic mass is 35.5. The van der Waals surface area contributed by atoms with Gasteiger partial charge in [0.15, 0.2) is 0 Å². The Hall–Kier alpha value is -0.560. The third kappa shape index (κ3) is 4.48. The topological polar surface area (TPSA) is 41.6 Å². The first-order chi connectivity index (χ1) is 9.35. The van der Waals surface area contributed by atoms with Crippen LogP contribution in [-0.4, -0.2) is 28.5 Å². The van der Waals surface area contributed by atoms with Crippen LogP contribution in [-0.2, 0) is 4.74 Å². The Kier molecular flexibility index (Phi) is 5.12. The average Bonchev–Trinajstić information content (AvgIpc) is 2.71. The highest BCUT2D eigenvalue weighted by Crippen LogP contribution is 2.48. The van der Waals surface area contributed by atoms with Crippen molar-refractivity contribution < 1.29 is 9.53 Å². The highest BCUT2D eigenvalue weighted by Gasteiger charge is 2.23. The maximum Gasteiger partial charge on any atom is 0.407 e. The second kappa shape index (κ2) is 6.47. The summed E-state index contributed by atoms with van der Waals surface area (Å²) < 4.78 is 7.27. The molecule has 1 N–H and O–H groups in total. The van der Waals surface area contributed by atoms with E-state index >= 15 is 0 Å². The normalized spacial score (nSPS) is 15.0. The largest absolute Gasteiger partial charge is 0.444 e. The predicted molar refractivity (Wildman–Crippen MR) is 84.1 cm³/mol. The minimum atomic E-state index is -0.467. The average molecular weight is 333 g/mol. The Morgan fingerprint density at radius 1 is 1.40 bits per heavy atom. The zero-order valence-corrected chi connectivity index (χ0v) is 14.0. The molecule has 7 heteroatoms. The van der Waals surface area contributed by atoms with Crippen molar-refractivity contribution in [3.8, 4) is 0 Å². The first-order valence-electron chi connectivity index (χ1n) is 6.24. The van der Waals surface area contributed by atoms with Crippen molar-refractivity contribution in [2.24, 2.45) is 0 Å². The number of alkyl carbamates (subject to hydrolysis) is 1. The summed E-state index contributed by atoms with van der Waals surface area (Å²) >= 11 is 9.38. The molecule has 20 heavy (non-hydrogen) atoms. The summed E-state index contributed by atoms with van der Waals surface area (Å²) in [5, 5.41) is 3.51. The molecular formula is C13H17ClN2O2S2. The molecule has 1 aromatic carbocycles. The third-order valence-electron chi connectivity index (χ3n) is 2.29. The van der Waals surface area contributed by atoms with Gasteiger partial charge in [0.05, 0.1) is 9.92 Å². The highest BCUT2D eigenvalue weighted by molar-refractivity contribution is 8.14. The fourth-order valence-corrected chi connectivity index (χ4v) is 4.14. The number of rotatable bonds is 3. The van der Waals surface area contributed by atoms with E-state index in [9.17, 15) is 4.79 Å². The molecule has 0 aromatic heterocycles. The summed E-state index contributed by atoms with van der Waals surface area (Å²) in [6.07, 6.45) is -0.387. The lowest BCUT2D eigenvalue weighted by molar-refractivity contribution is 0.0528. The van der Waals surface area contributed by atoms with E-state index in [-0.39, 0.29) is 6.09 Å². The van der Waals surface area contributed by atoms with Gasteiger partial charge in [0, 0.05) is 18.0 Å². The van der Waals surface area contributed by atoms with Crippen molar-refractivity contribution in [3.05, 3.63) is 23.2 Å². The molecule has 0 aliphatic carbocycles. The van der Waals surface area contributed by atoms with Crippen LogP contribution < -0.4 is 5.32 Å². The van der Waals surface area contributed by atoms with Gasteiger partial charge in [-0.1, -0.05) is 17.7 Å². The second-order valence-corrected chi connectivity index (χ2v) is 7.97. The fourth-order valence-electron chi connectivity index (χ4n) is 1.53. The maximum atomic E-state index is 11.5. The minimum absolute atomic E-state index is 0.387. The van der Waals surface area contributed by atoms with E-state index in [1.165, 1.54) is 0 Å². The first kappa shape index (κ1) is 15.8. The van der Waals surface area contributed by atoms with Gasteiger partial charge < -0.3 is 10.1 Å². The molecule has 110 valence electrons. The van der Waals surface area contributed by atoms with Gasteiger partial charge in [-0.05, 0) is 56.8 Å². The molecule has 4 nitrogen and oxygen atoms in total. The monoisotopic (exact) mass is 332 g/mol. The molecule has 0 spiro atoms. The number of hydrogen-bond acceptors (Lipinski definition) is 5. The molecule has 0 saturated heterocycles. The summed E-state index contributed by atoms with van der Waals surface area (Å²) in [5.41, 5.74) is -0.467. The molecule has 1 aliphatic heterocycles. The number of carbonyl (C=O) groups excluding carboxylic acids is 1. The van der Waals surface area contributed by atoms with Crippen LogP contribution in [0.1, 0.15) is 20.8 Å². The SMILES string of the molecule is CC(C)(C)OC(=O)NCCN1Sc2cccc(Cl)c2S1. The zero-order chi connectivity index (χ0) is 14.8. The van der Waals surface area contributed by atoms with Crippen molar-refractivity contribution in [3.63, 3.8) is 0 Å². The lowest BCUT2D eigenvalue weighted by atomic mass is 10.2. The lowest BCUT2D eigenvalue weighted by Gasteiger charge is -2.20. The molecule has 1 amide bonds. The quantitative estimate of drug-likeness (QED) is 0.840. The van der Waals surface area contributed by atoms with Crippen LogP contribution in [0, 0.1) is 0 Å². The van der Waals surface area contributed by atoms with Gasteiger partial charge in [-0.3, -0.25) is 0 Å². The van der Waals surface area contributed by atoms with Gasteiger partial charge in [0.25, 0.3) is 0 Å². The number of hydrogen-bond donors (Lipinski definition) is 1. The molecule has 0 atom stereocenters. The number of benzene rings is 1. The van der Waals surface area contributed by atoms with E-state index in [4.69, 9.17) is 16.3 Å². The van der Waals surface area contributed by atoms with Gasteiger partial charge >= 0.3 is 6.09 Å².